The second-order valence-electron chi connectivity index (χ2n) is 7.24. The molecule has 0 aliphatic carbocycles. The van der Waals surface area contributed by atoms with Gasteiger partial charge in [-0.15, -0.1) is 0 Å². The molecule has 11 heteroatoms. The number of hydrogen-bond donors (Lipinski definition) is 1. The Kier molecular flexibility index (Phi) is 6.58. The smallest absolute Gasteiger partial charge is 0.334 e. The van der Waals surface area contributed by atoms with E-state index in [2.05, 4.69) is 9.71 Å². The fraction of sp³-hybridized carbons (Fsp3) is 0.238. The van der Waals surface area contributed by atoms with Gasteiger partial charge in [-0.3, -0.25) is 9.52 Å². The molecule has 0 fully saturated rings. The number of amides is 1. The van der Waals surface area contributed by atoms with Crippen LogP contribution in [0.3, 0.4) is 0 Å². The lowest BCUT2D eigenvalue weighted by Crippen LogP contribution is -2.29. The summed E-state index contributed by atoms with van der Waals surface area (Å²) in [4.78, 5) is 17.7. The molecule has 32 heavy (non-hydrogen) atoms. The fourth-order valence-electron chi connectivity index (χ4n) is 2.95. The predicted molar refractivity (Wildman–Crippen MR) is 113 cm³/mol. The maximum absolute atomic E-state index is 12.7. The molecule has 0 atom stereocenters. The Morgan fingerprint density at radius 2 is 1.72 bits per heavy atom. The van der Waals surface area contributed by atoms with E-state index >= 15 is 0 Å². The summed E-state index contributed by atoms with van der Waals surface area (Å²) in [6.07, 6.45) is -1.98. The number of carbonyl (C=O) groups excluding carboxylic acids is 1. The number of nitrogens with one attached hydrogen (secondary N) is 1. The third-order valence-electron chi connectivity index (χ3n) is 4.59. The van der Waals surface area contributed by atoms with Crippen molar-refractivity contribution in [2.24, 2.45) is 0 Å². The Balaban J connectivity index is 1.69. The van der Waals surface area contributed by atoms with E-state index in [0.29, 0.717) is 5.69 Å². The van der Waals surface area contributed by atoms with E-state index in [1.165, 1.54) is 48.6 Å². The van der Waals surface area contributed by atoms with Crippen molar-refractivity contribution >= 4 is 21.6 Å². The highest BCUT2D eigenvalue weighted by molar-refractivity contribution is 7.92. The predicted octanol–water partition coefficient (Wildman–Crippen LogP) is 3.83. The van der Waals surface area contributed by atoms with E-state index in [-0.39, 0.29) is 22.8 Å². The van der Waals surface area contributed by atoms with Crippen LogP contribution in [-0.4, -0.2) is 42.0 Å². The Hall–Kier alpha value is -3.34. The van der Waals surface area contributed by atoms with Crippen LogP contribution in [0.5, 0.6) is 0 Å². The van der Waals surface area contributed by atoms with Gasteiger partial charge in [0.1, 0.15) is 12.4 Å². The van der Waals surface area contributed by atoms with Gasteiger partial charge in [0.2, 0.25) is 0 Å². The van der Waals surface area contributed by atoms with Gasteiger partial charge >= 0.3 is 6.18 Å². The summed E-state index contributed by atoms with van der Waals surface area (Å²) in [5, 5.41) is 0. The lowest BCUT2D eigenvalue weighted by atomic mass is 10.2. The molecular weight excluding hydrogens is 445 g/mol. The summed E-state index contributed by atoms with van der Waals surface area (Å²) in [6.45, 7) is 0.538. The molecule has 0 unspecified atom stereocenters. The molecule has 1 amide bonds. The van der Waals surface area contributed by atoms with E-state index in [4.69, 9.17) is 0 Å². The monoisotopic (exact) mass is 466 g/mol. The lowest BCUT2D eigenvalue weighted by molar-refractivity contribution is -0.141. The molecule has 0 bridgehead atoms. The Morgan fingerprint density at radius 1 is 1.09 bits per heavy atom. The third-order valence-corrected chi connectivity index (χ3v) is 5.99. The van der Waals surface area contributed by atoms with Crippen LogP contribution in [0.2, 0.25) is 0 Å². The number of aromatic nitrogens is 2. The highest BCUT2D eigenvalue weighted by Crippen LogP contribution is 2.20. The second kappa shape index (κ2) is 9.03. The highest BCUT2D eigenvalue weighted by Gasteiger charge is 2.29. The number of nitrogens with zero attached hydrogens (tertiary/aromatic N) is 3. The number of aryl methyl sites for hydroxylation is 1. The van der Waals surface area contributed by atoms with Crippen LogP contribution >= 0.6 is 0 Å². The van der Waals surface area contributed by atoms with E-state index in [1.54, 1.807) is 24.3 Å². The average Bonchev–Trinajstić information content (AvgIpc) is 3.13. The molecule has 0 saturated carbocycles. The minimum atomic E-state index is -4.41. The highest BCUT2D eigenvalue weighted by atomic mass is 32.2. The SMILES string of the molecule is Cc1ccc(NS(=O)(=O)c2ccc(C(=O)N(C)Cc3nccn3CC(F)(F)F)cc2)cc1. The number of anilines is 1. The molecule has 0 spiro atoms. The van der Waals surface area contributed by atoms with Crippen LogP contribution in [0.4, 0.5) is 18.9 Å². The minimum Gasteiger partial charge on any atom is -0.334 e. The van der Waals surface area contributed by atoms with Crippen molar-refractivity contribution in [3.05, 3.63) is 77.9 Å². The Labute approximate surface area is 183 Å². The van der Waals surface area contributed by atoms with E-state index < -0.39 is 28.7 Å². The van der Waals surface area contributed by atoms with Gasteiger partial charge < -0.3 is 9.47 Å². The van der Waals surface area contributed by atoms with Crippen molar-refractivity contribution in [3.8, 4) is 0 Å². The van der Waals surface area contributed by atoms with Gasteiger partial charge in [-0.05, 0) is 43.3 Å². The summed E-state index contributed by atoms with van der Waals surface area (Å²) in [5.74, 6) is -0.401. The van der Waals surface area contributed by atoms with Crippen LogP contribution in [0.15, 0.2) is 65.8 Å². The average molecular weight is 466 g/mol. The van der Waals surface area contributed by atoms with Gasteiger partial charge in [0, 0.05) is 30.7 Å². The molecule has 0 aliphatic rings. The number of halogens is 3. The van der Waals surface area contributed by atoms with Crippen LogP contribution in [-0.2, 0) is 23.1 Å². The van der Waals surface area contributed by atoms with Gasteiger partial charge in [-0.25, -0.2) is 13.4 Å². The minimum absolute atomic E-state index is 0.0296. The van der Waals surface area contributed by atoms with Crippen molar-refractivity contribution in [3.63, 3.8) is 0 Å². The van der Waals surface area contributed by atoms with E-state index in [0.717, 1.165) is 10.1 Å². The zero-order valence-corrected chi connectivity index (χ0v) is 18.1. The van der Waals surface area contributed by atoms with E-state index in [1.807, 2.05) is 6.92 Å². The molecule has 170 valence electrons. The van der Waals surface area contributed by atoms with Crippen molar-refractivity contribution < 1.29 is 26.4 Å². The standard InChI is InChI=1S/C21H21F3N4O3S/c1-15-3-7-17(8-4-15)26-32(30,31)18-9-5-16(6-10-18)20(29)27(2)13-19-25-11-12-28(19)14-21(22,23)24/h3-12,26H,13-14H2,1-2H3. The first-order valence-electron chi connectivity index (χ1n) is 9.46. The van der Waals surface area contributed by atoms with Crippen molar-refractivity contribution in [2.45, 2.75) is 31.1 Å². The van der Waals surface area contributed by atoms with Crippen LogP contribution in [0.1, 0.15) is 21.7 Å². The van der Waals surface area contributed by atoms with Gasteiger partial charge in [-0.1, -0.05) is 17.7 Å². The summed E-state index contributed by atoms with van der Waals surface area (Å²) >= 11 is 0. The van der Waals surface area contributed by atoms with Crippen molar-refractivity contribution in [2.75, 3.05) is 11.8 Å². The quantitative estimate of drug-likeness (QED) is 0.574. The maximum Gasteiger partial charge on any atom is 0.406 e. The normalized spacial score (nSPS) is 11.9. The number of carbonyl (C=O) groups is 1. The molecule has 0 saturated heterocycles. The summed E-state index contributed by atoms with van der Waals surface area (Å²) in [5.41, 5.74) is 1.58. The topological polar surface area (TPSA) is 84.3 Å². The number of hydrogen-bond acceptors (Lipinski definition) is 4. The fourth-order valence-corrected chi connectivity index (χ4v) is 4.00. The molecule has 1 N–H and O–H groups in total. The lowest BCUT2D eigenvalue weighted by Gasteiger charge is -2.18. The van der Waals surface area contributed by atoms with Gasteiger partial charge in [0.25, 0.3) is 15.9 Å². The Morgan fingerprint density at radius 3 is 2.31 bits per heavy atom. The number of alkyl halides is 3. The molecule has 3 rings (SSSR count). The summed E-state index contributed by atoms with van der Waals surface area (Å²) in [7, 11) is -2.42. The first-order chi connectivity index (χ1) is 14.9. The maximum atomic E-state index is 12.7. The first-order valence-corrected chi connectivity index (χ1v) is 10.9. The van der Waals surface area contributed by atoms with Gasteiger partial charge in [0.15, 0.2) is 0 Å². The summed E-state index contributed by atoms with van der Waals surface area (Å²) in [6, 6.07) is 12.1. The molecule has 0 radical (unpaired) electrons. The second-order valence-corrected chi connectivity index (χ2v) is 8.93. The third kappa shape index (κ3) is 5.88. The van der Waals surface area contributed by atoms with Gasteiger partial charge in [-0.2, -0.15) is 13.2 Å². The molecule has 2 aromatic carbocycles. The van der Waals surface area contributed by atoms with Crippen LogP contribution < -0.4 is 4.72 Å². The van der Waals surface area contributed by atoms with Crippen LogP contribution in [0, 0.1) is 6.92 Å². The molecule has 3 aromatic rings. The first kappa shape index (κ1) is 23.3. The summed E-state index contributed by atoms with van der Waals surface area (Å²) < 4.78 is 66.5. The van der Waals surface area contributed by atoms with Gasteiger partial charge in [0.05, 0.1) is 11.4 Å². The molecule has 1 aromatic heterocycles. The molecule has 7 nitrogen and oxygen atoms in total. The number of rotatable bonds is 7. The van der Waals surface area contributed by atoms with Crippen LogP contribution in [0.25, 0.3) is 0 Å². The van der Waals surface area contributed by atoms with Crippen molar-refractivity contribution in [1.82, 2.24) is 14.5 Å². The zero-order valence-electron chi connectivity index (χ0n) is 17.3. The molecule has 1 heterocycles. The molecular formula is C21H21F3N4O3S. The molecule has 0 aliphatic heterocycles. The number of sulfonamides is 1. The van der Waals surface area contributed by atoms with Crippen molar-refractivity contribution in [1.29, 1.82) is 0 Å². The number of imidazole rings is 1. The zero-order chi connectivity index (χ0) is 23.5. The van der Waals surface area contributed by atoms with E-state index in [9.17, 15) is 26.4 Å². The largest absolute Gasteiger partial charge is 0.406 e. The number of benzene rings is 2. The Bertz CT molecular complexity index is 1190.